The SMILES string of the molecule is CC(Cn1ncc2ccccc2c1=O)NC(=O)Cc1c[nH]c2ncccc12. The van der Waals surface area contributed by atoms with Crippen molar-refractivity contribution in [2.45, 2.75) is 25.9 Å². The van der Waals surface area contributed by atoms with Gasteiger partial charge in [0.15, 0.2) is 0 Å². The van der Waals surface area contributed by atoms with E-state index in [0.717, 1.165) is 22.0 Å². The number of H-pyrrole nitrogens is 1. The molecule has 0 saturated heterocycles. The number of nitrogens with zero attached hydrogens (tertiary/aromatic N) is 3. The fourth-order valence-corrected chi connectivity index (χ4v) is 3.22. The molecule has 136 valence electrons. The standard InChI is InChI=1S/C20H19N5O2/c1-13(12-25-20(27)17-6-3-2-5-14(17)11-23-25)24-18(26)9-15-10-22-19-16(15)7-4-8-21-19/h2-8,10-11,13H,9,12H2,1H3,(H,21,22)(H,24,26). The molecule has 1 unspecified atom stereocenters. The summed E-state index contributed by atoms with van der Waals surface area (Å²) in [5, 5.41) is 9.51. The van der Waals surface area contributed by atoms with Crippen molar-refractivity contribution >= 4 is 27.7 Å². The number of nitrogens with one attached hydrogen (secondary N) is 2. The van der Waals surface area contributed by atoms with Crippen molar-refractivity contribution in [2.75, 3.05) is 0 Å². The normalized spacial score (nSPS) is 12.3. The molecule has 1 amide bonds. The van der Waals surface area contributed by atoms with Crippen LogP contribution in [-0.2, 0) is 17.8 Å². The second kappa shape index (κ2) is 7.03. The third-order valence-electron chi connectivity index (χ3n) is 4.50. The maximum Gasteiger partial charge on any atom is 0.274 e. The molecular weight excluding hydrogens is 342 g/mol. The van der Waals surface area contributed by atoms with Gasteiger partial charge in [-0.05, 0) is 30.7 Å². The lowest BCUT2D eigenvalue weighted by atomic mass is 10.1. The van der Waals surface area contributed by atoms with Crippen LogP contribution in [0.25, 0.3) is 21.8 Å². The van der Waals surface area contributed by atoms with E-state index in [4.69, 9.17) is 0 Å². The number of benzene rings is 1. The van der Waals surface area contributed by atoms with Crippen LogP contribution in [0.4, 0.5) is 0 Å². The highest BCUT2D eigenvalue weighted by atomic mass is 16.2. The number of carbonyl (C=O) groups is 1. The van der Waals surface area contributed by atoms with Crippen LogP contribution in [0.1, 0.15) is 12.5 Å². The molecule has 4 aromatic rings. The number of amides is 1. The van der Waals surface area contributed by atoms with Gasteiger partial charge in [0.25, 0.3) is 5.56 Å². The Bertz CT molecular complexity index is 1180. The Morgan fingerprint density at radius 1 is 1.22 bits per heavy atom. The topological polar surface area (TPSA) is 92.7 Å². The first-order chi connectivity index (χ1) is 13.1. The number of aromatic nitrogens is 4. The van der Waals surface area contributed by atoms with Crippen molar-refractivity contribution in [3.05, 3.63) is 70.9 Å². The third-order valence-corrected chi connectivity index (χ3v) is 4.50. The molecule has 1 atom stereocenters. The van der Waals surface area contributed by atoms with Gasteiger partial charge in [0.2, 0.25) is 5.91 Å². The molecule has 0 spiro atoms. The number of aromatic amines is 1. The van der Waals surface area contributed by atoms with Gasteiger partial charge in [-0.25, -0.2) is 9.67 Å². The smallest absolute Gasteiger partial charge is 0.274 e. The Balaban J connectivity index is 1.45. The van der Waals surface area contributed by atoms with E-state index in [1.807, 2.05) is 37.3 Å². The van der Waals surface area contributed by atoms with E-state index in [1.54, 1.807) is 24.7 Å². The second-order valence-electron chi connectivity index (χ2n) is 6.58. The molecule has 4 rings (SSSR count). The Morgan fingerprint density at radius 3 is 2.93 bits per heavy atom. The Labute approximate surface area is 155 Å². The lowest BCUT2D eigenvalue weighted by Crippen LogP contribution is -2.39. The second-order valence-corrected chi connectivity index (χ2v) is 6.58. The molecule has 0 bridgehead atoms. The lowest BCUT2D eigenvalue weighted by Gasteiger charge is -2.15. The fourth-order valence-electron chi connectivity index (χ4n) is 3.22. The van der Waals surface area contributed by atoms with Crippen LogP contribution in [0.3, 0.4) is 0 Å². The quantitative estimate of drug-likeness (QED) is 0.569. The predicted octanol–water partition coefficient (Wildman–Crippen LogP) is 2.02. The molecule has 1 aromatic carbocycles. The molecule has 0 aliphatic heterocycles. The van der Waals surface area contributed by atoms with Gasteiger partial charge in [-0.3, -0.25) is 9.59 Å². The summed E-state index contributed by atoms with van der Waals surface area (Å²) in [6.07, 6.45) is 5.43. The number of pyridine rings is 1. The zero-order valence-corrected chi connectivity index (χ0v) is 14.8. The van der Waals surface area contributed by atoms with Crippen molar-refractivity contribution in [3.8, 4) is 0 Å². The van der Waals surface area contributed by atoms with Gasteiger partial charge >= 0.3 is 0 Å². The zero-order valence-electron chi connectivity index (χ0n) is 14.8. The Kier molecular flexibility index (Phi) is 4.42. The van der Waals surface area contributed by atoms with Crippen molar-refractivity contribution < 1.29 is 4.79 Å². The molecule has 0 aliphatic rings. The van der Waals surface area contributed by atoms with E-state index in [1.165, 1.54) is 4.68 Å². The van der Waals surface area contributed by atoms with Crippen molar-refractivity contribution in [1.29, 1.82) is 0 Å². The summed E-state index contributed by atoms with van der Waals surface area (Å²) < 4.78 is 1.39. The minimum atomic E-state index is -0.229. The van der Waals surface area contributed by atoms with Crippen LogP contribution in [-0.4, -0.2) is 31.7 Å². The van der Waals surface area contributed by atoms with Crippen molar-refractivity contribution in [3.63, 3.8) is 0 Å². The summed E-state index contributed by atoms with van der Waals surface area (Å²) in [5.74, 6) is -0.110. The van der Waals surface area contributed by atoms with Gasteiger partial charge < -0.3 is 10.3 Å². The highest BCUT2D eigenvalue weighted by Crippen LogP contribution is 2.16. The maximum absolute atomic E-state index is 12.5. The van der Waals surface area contributed by atoms with Crippen molar-refractivity contribution in [1.82, 2.24) is 25.1 Å². The number of hydrogen-bond donors (Lipinski definition) is 2. The first-order valence-electron chi connectivity index (χ1n) is 8.77. The predicted molar refractivity (Wildman–Crippen MR) is 103 cm³/mol. The molecule has 0 radical (unpaired) electrons. The van der Waals surface area contributed by atoms with E-state index >= 15 is 0 Å². The van der Waals surface area contributed by atoms with Gasteiger partial charge in [-0.15, -0.1) is 0 Å². The lowest BCUT2D eigenvalue weighted by molar-refractivity contribution is -0.121. The molecular formula is C20H19N5O2. The average molecular weight is 361 g/mol. The summed E-state index contributed by atoms with van der Waals surface area (Å²) >= 11 is 0. The van der Waals surface area contributed by atoms with E-state index < -0.39 is 0 Å². The van der Waals surface area contributed by atoms with Gasteiger partial charge in [-0.1, -0.05) is 18.2 Å². The van der Waals surface area contributed by atoms with Crippen LogP contribution in [0.15, 0.2) is 59.8 Å². The first kappa shape index (κ1) is 17.0. The number of rotatable bonds is 5. The van der Waals surface area contributed by atoms with Gasteiger partial charge in [0.1, 0.15) is 5.65 Å². The number of hydrogen-bond acceptors (Lipinski definition) is 4. The highest BCUT2D eigenvalue weighted by Gasteiger charge is 2.13. The van der Waals surface area contributed by atoms with E-state index in [9.17, 15) is 9.59 Å². The van der Waals surface area contributed by atoms with Crippen LogP contribution < -0.4 is 10.9 Å². The first-order valence-corrected chi connectivity index (χ1v) is 8.77. The maximum atomic E-state index is 12.5. The minimum absolute atomic E-state index is 0.110. The zero-order chi connectivity index (χ0) is 18.8. The summed E-state index contributed by atoms with van der Waals surface area (Å²) in [5.41, 5.74) is 1.50. The summed E-state index contributed by atoms with van der Waals surface area (Å²) in [6.45, 7) is 2.17. The van der Waals surface area contributed by atoms with Crippen LogP contribution in [0.5, 0.6) is 0 Å². The van der Waals surface area contributed by atoms with Crippen LogP contribution in [0, 0.1) is 0 Å². The van der Waals surface area contributed by atoms with Crippen LogP contribution in [0.2, 0.25) is 0 Å². The molecule has 7 nitrogen and oxygen atoms in total. The van der Waals surface area contributed by atoms with Crippen LogP contribution >= 0.6 is 0 Å². The highest BCUT2D eigenvalue weighted by molar-refractivity contribution is 5.87. The molecule has 3 heterocycles. The van der Waals surface area contributed by atoms with Gasteiger partial charge in [-0.2, -0.15) is 5.10 Å². The number of carbonyl (C=O) groups excluding carboxylic acids is 1. The molecule has 0 fully saturated rings. The largest absolute Gasteiger partial charge is 0.351 e. The van der Waals surface area contributed by atoms with Crippen molar-refractivity contribution in [2.24, 2.45) is 0 Å². The van der Waals surface area contributed by atoms with Gasteiger partial charge in [0, 0.05) is 29.2 Å². The average Bonchev–Trinajstić information content (AvgIpc) is 3.07. The van der Waals surface area contributed by atoms with E-state index in [-0.39, 0.29) is 23.9 Å². The van der Waals surface area contributed by atoms with E-state index in [2.05, 4.69) is 20.4 Å². The molecule has 7 heteroatoms. The summed E-state index contributed by atoms with van der Waals surface area (Å²) in [4.78, 5) is 32.2. The molecule has 0 saturated carbocycles. The summed E-state index contributed by atoms with van der Waals surface area (Å²) in [7, 11) is 0. The number of fused-ring (bicyclic) bond motifs is 2. The fraction of sp³-hybridized carbons (Fsp3) is 0.200. The van der Waals surface area contributed by atoms with Gasteiger partial charge in [0.05, 0.1) is 24.5 Å². The Hall–Kier alpha value is -3.48. The molecule has 3 aromatic heterocycles. The minimum Gasteiger partial charge on any atom is -0.351 e. The molecule has 2 N–H and O–H groups in total. The molecule has 27 heavy (non-hydrogen) atoms. The Morgan fingerprint density at radius 2 is 2.04 bits per heavy atom. The summed E-state index contributed by atoms with van der Waals surface area (Å²) in [6, 6.07) is 10.9. The monoisotopic (exact) mass is 361 g/mol. The molecule has 0 aliphatic carbocycles. The van der Waals surface area contributed by atoms with E-state index in [0.29, 0.717) is 11.9 Å². The third kappa shape index (κ3) is 3.44.